The highest BCUT2D eigenvalue weighted by molar-refractivity contribution is 8.00. The standard InChI is InChI=1S/C10H14O2S/c1-13-10(9(11)12)6-7-2-4-8(10)5-3-7/h2,4,7-8H,3,5-6H2,1H3,(H,11,12)/t7-,8+,10+/m0/s1. The van der Waals surface area contributed by atoms with E-state index in [2.05, 4.69) is 12.2 Å². The molecule has 2 bridgehead atoms. The van der Waals surface area contributed by atoms with Gasteiger partial charge in [0.2, 0.25) is 0 Å². The Labute approximate surface area is 82.4 Å². The summed E-state index contributed by atoms with van der Waals surface area (Å²) in [6.45, 7) is 0. The van der Waals surface area contributed by atoms with Crippen LogP contribution in [0.2, 0.25) is 0 Å². The zero-order valence-electron chi connectivity index (χ0n) is 7.69. The number of hydrogen-bond acceptors (Lipinski definition) is 2. The number of carboxylic acid groups (broad SMARTS) is 1. The Bertz CT molecular complexity index is 262. The van der Waals surface area contributed by atoms with Crippen LogP contribution in [0.15, 0.2) is 12.2 Å². The maximum absolute atomic E-state index is 11.2. The molecule has 2 nitrogen and oxygen atoms in total. The molecule has 0 unspecified atom stereocenters. The molecule has 3 aliphatic carbocycles. The van der Waals surface area contributed by atoms with E-state index in [4.69, 9.17) is 0 Å². The fourth-order valence-corrected chi connectivity index (χ4v) is 3.60. The van der Waals surface area contributed by atoms with Crippen molar-refractivity contribution in [3.05, 3.63) is 12.2 Å². The maximum Gasteiger partial charge on any atom is 0.320 e. The number of fused-ring (bicyclic) bond motifs is 2. The van der Waals surface area contributed by atoms with E-state index in [9.17, 15) is 9.90 Å². The fraction of sp³-hybridized carbons (Fsp3) is 0.700. The summed E-state index contributed by atoms with van der Waals surface area (Å²) in [7, 11) is 0. The molecule has 0 aliphatic heterocycles. The van der Waals surface area contributed by atoms with Crippen molar-refractivity contribution < 1.29 is 9.90 Å². The Hall–Kier alpha value is -0.440. The highest BCUT2D eigenvalue weighted by Crippen LogP contribution is 2.49. The third kappa shape index (κ3) is 1.21. The molecule has 0 aromatic rings. The van der Waals surface area contributed by atoms with Gasteiger partial charge in [-0.15, -0.1) is 11.8 Å². The molecular weight excluding hydrogens is 184 g/mol. The Kier molecular flexibility index (Phi) is 2.14. The van der Waals surface area contributed by atoms with Gasteiger partial charge in [0.1, 0.15) is 4.75 Å². The van der Waals surface area contributed by atoms with Crippen LogP contribution in [0, 0.1) is 11.8 Å². The van der Waals surface area contributed by atoms with Crippen LogP contribution in [0.1, 0.15) is 19.3 Å². The van der Waals surface area contributed by atoms with Crippen molar-refractivity contribution in [3.63, 3.8) is 0 Å². The third-order valence-electron chi connectivity index (χ3n) is 3.35. The summed E-state index contributed by atoms with van der Waals surface area (Å²) < 4.78 is -0.516. The molecule has 0 radical (unpaired) electrons. The summed E-state index contributed by atoms with van der Waals surface area (Å²) in [5, 5.41) is 9.26. The predicted octanol–water partition coefficient (Wildman–Crippen LogP) is 2.16. The van der Waals surface area contributed by atoms with E-state index in [-0.39, 0.29) is 5.92 Å². The molecule has 1 fully saturated rings. The quantitative estimate of drug-likeness (QED) is 0.691. The number of hydrogen-bond donors (Lipinski definition) is 1. The molecule has 13 heavy (non-hydrogen) atoms. The molecular formula is C10H14O2S. The van der Waals surface area contributed by atoms with E-state index in [1.807, 2.05) is 6.26 Å². The molecule has 3 rings (SSSR count). The lowest BCUT2D eigenvalue weighted by molar-refractivity contribution is -0.142. The molecule has 1 saturated carbocycles. The highest BCUT2D eigenvalue weighted by atomic mass is 32.2. The lowest BCUT2D eigenvalue weighted by atomic mass is 9.68. The van der Waals surface area contributed by atoms with Gasteiger partial charge in [-0.05, 0) is 31.4 Å². The number of carboxylic acids is 1. The minimum absolute atomic E-state index is 0.255. The summed E-state index contributed by atoms with van der Waals surface area (Å²) in [4.78, 5) is 11.2. The van der Waals surface area contributed by atoms with Gasteiger partial charge in [0, 0.05) is 5.92 Å². The number of thioether (sulfide) groups is 1. The van der Waals surface area contributed by atoms with Gasteiger partial charge >= 0.3 is 5.97 Å². The first-order valence-corrected chi connectivity index (χ1v) is 5.88. The van der Waals surface area contributed by atoms with Crippen LogP contribution in [0.5, 0.6) is 0 Å². The second-order valence-corrected chi connectivity index (χ2v) is 5.07. The van der Waals surface area contributed by atoms with Crippen molar-refractivity contribution in [2.75, 3.05) is 6.26 Å². The molecule has 0 amide bonds. The van der Waals surface area contributed by atoms with Crippen molar-refractivity contribution in [2.24, 2.45) is 11.8 Å². The summed E-state index contributed by atoms with van der Waals surface area (Å²) >= 11 is 1.51. The molecule has 3 heteroatoms. The zero-order chi connectivity index (χ0) is 9.47. The summed E-state index contributed by atoms with van der Waals surface area (Å²) in [6.07, 6.45) is 9.28. The van der Waals surface area contributed by atoms with Gasteiger partial charge in [-0.1, -0.05) is 12.2 Å². The van der Waals surface area contributed by atoms with Gasteiger partial charge in [0.15, 0.2) is 0 Å². The van der Waals surface area contributed by atoms with Crippen LogP contribution in [0.3, 0.4) is 0 Å². The summed E-state index contributed by atoms with van der Waals surface area (Å²) in [6, 6.07) is 0. The van der Waals surface area contributed by atoms with Crippen molar-refractivity contribution in [3.8, 4) is 0 Å². The SMILES string of the molecule is CS[C@]1(C(=O)O)C[C@H]2C=C[C@@H]1CC2. The van der Waals surface area contributed by atoms with Crippen LogP contribution in [-0.2, 0) is 4.79 Å². The van der Waals surface area contributed by atoms with Gasteiger partial charge in [-0.25, -0.2) is 0 Å². The topological polar surface area (TPSA) is 37.3 Å². The average Bonchev–Trinajstić information content (AvgIpc) is 2.19. The van der Waals surface area contributed by atoms with E-state index in [0.29, 0.717) is 5.92 Å². The third-order valence-corrected chi connectivity index (χ3v) is 4.73. The highest BCUT2D eigenvalue weighted by Gasteiger charge is 2.50. The first-order chi connectivity index (χ1) is 6.19. The van der Waals surface area contributed by atoms with E-state index >= 15 is 0 Å². The molecule has 1 N–H and O–H groups in total. The molecule has 72 valence electrons. The van der Waals surface area contributed by atoms with Gasteiger partial charge in [0.05, 0.1) is 0 Å². The van der Waals surface area contributed by atoms with Crippen LogP contribution >= 0.6 is 11.8 Å². The smallest absolute Gasteiger partial charge is 0.320 e. The van der Waals surface area contributed by atoms with Crippen LogP contribution < -0.4 is 0 Å². The van der Waals surface area contributed by atoms with Crippen LogP contribution in [0.4, 0.5) is 0 Å². The Morgan fingerprint density at radius 3 is 2.54 bits per heavy atom. The first-order valence-electron chi connectivity index (χ1n) is 4.66. The molecule has 3 atom stereocenters. The van der Waals surface area contributed by atoms with E-state index in [0.717, 1.165) is 12.8 Å². The summed E-state index contributed by atoms with van der Waals surface area (Å²) in [5.74, 6) is 0.137. The monoisotopic (exact) mass is 198 g/mol. The Balaban J connectivity index is 2.33. The molecule has 3 aliphatic rings. The lowest BCUT2D eigenvalue weighted by Gasteiger charge is -2.44. The average molecular weight is 198 g/mol. The van der Waals surface area contributed by atoms with Gasteiger partial charge in [-0.3, -0.25) is 4.79 Å². The number of aliphatic carboxylic acids is 1. The number of carbonyl (C=O) groups is 1. The molecule has 0 saturated heterocycles. The second-order valence-electron chi connectivity index (χ2n) is 3.93. The first kappa shape index (κ1) is 9.13. The number of rotatable bonds is 2. The molecule has 0 heterocycles. The minimum Gasteiger partial charge on any atom is -0.480 e. The van der Waals surface area contributed by atoms with Crippen molar-refractivity contribution in [1.29, 1.82) is 0 Å². The van der Waals surface area contributed by atoms with Crippen molar-refractivity contribution >= 4 is 17.7 Å². The Morgan fingerprint density at radius 2 is 2.31 bits per heavy atom. The molecule has 0 spiro atoms. The minimum atomic E-state index is -0.626. The van der Waals surface area contributed by atoms with E-state index in [1.54, 1.807) is 0 Å². The van der Waals surface area contributed by atoms with Gasteiger partial charge in [-0.2, -0.15) is 0 Å². The van der Waals surface area contributed by atoms with Crippen LogP contribution in [-0.4, -0.2) is 22.1 Å². The van der Waals surface area contributed by atoms with Gasteiger partial charge < -0.3 is 5.11 Å². The van der Waals surface area contributed by atoms with Crippen LogP contribution in [0.25, 0.3) is 0 Å². The van der Waals surface area contributed by atoms with E-state index < -0.39 is 10.7 Å². The lowest BCUT2D eigenvalue weighted by Crippen LogP contribution is -2.48. The van der Waals surface area contributed by atoms with Crippen molar-refractivity contribution in [1.82, 2.24) is 0 Å². The van der Waals surface area contributed by atoms with Crippen molar-refractivity contribution in [2.45, 2.75) is 24.0 Å². The summed E-state index contributed by atoms with van der Waals surface area (Å²) in [5.41, 5.74) is 0. The van der Waals surface area contributed by atoms with E-state index in [1.165, 1.54) is 18.2 Å². The normalized spacial score (nSPS) is 42.2. The van der Waals surface area contributed by atoms with Gasteiger partial charge in [0.25, 0.3) is 0 Å². The number of allylic oxidation sites excluding steroid dienone is 2. The fourth-order valence-electron chi connectivity index (χ4n) is 2.54. The zero-order valence-corrected chi connectivity index (χ0v) is 8.51. The molecule has 0 aromatic heterocycles. The maximum atomic E-state index is 11.2. The molecule has 0 aromatic carbocycles. The predicted molar refractivity (Wildman–Crippen MR) is 53.9 cm³/mol. The largest absolute Gasteiger partial charge is 0.480 e. The Morgan fingerprint density at radius 1 is 1.54 bits per heavy atom. The second kappa shape index (κ2) is 3.05.